The number of rotatable bonds is 5. The average molecular weight is 379 g/mol. The van der Waals surface area contributed by atoms with Crippen molar-refractivity contribution in [1.82, 2.24) is 4.72 Å². The van der Waals surface area contributed by atoms with Gasteiger partial charge in [-0.05, 0) is 52.7 Å². The number of nitrogen functional groups attached to an aromatic ring is 1. The fourth-order valence-electron chi connectivity index (χ4n) is 2.42. The van der Waals surface area contributed by atoms with Crippen LogP contribution in [0, 0.1) is 0 Å². The summed E-state index contributed by atoms with van der Waals surface area (Å²) in [5.74, 6) is 1.01. The van der Waals surface area contributed by atoms with Gasteiger partial charge in [0.25, 0.3) is 0 Å². The summed E-state index contributed by atoms with van der Waals surface area (Å²) < 4.78 is 28.3. The van der Waals surface area contributed by atoms with Crippen LogP contribution in [0.1, 0.15) is 26.2 Å². The lowest BCUT2D eigenvalue weighted by molar-refractivity contribution is 0.555. The molecule has 1 aliphatic rings. The molecule has 2 atom stereocenters. The first-order chi connectivity index (χ1) is 9.44. The number of halogens is 1. The van der Waals surface area contributed by atoms with Gasteiger partial charge in [-0.25, -0.2) is 13.1 Å². The van der Waals surface area contributed by atoms with Gasteiger partial charge >= 0.3 is 0 Å². The minimum Gasteiger partial charge on any atom is -0.398 e. The molecule has 0 spiro atoms. The van der Waals surface area contributed by atoms with Crippen LogP contribution in [-0.2, 0) is 10.0 Å². The summed E-state index contributed by atoms with van der Waals surface area (Å²) in [6.07, 6.45) is 3.07. The molecule has 1 aliphatic carbocycles. The third kappa shape index (κ3) is 3.69. The Labute approximate surface area is 133 Å². The third-order valence-electron chi connectivity index (χ3n) is 3.42. The number of hydrogen-bond acceptors (Lipinski definition) is 4. The summed E-state index contributed by atoms with van der Waals surface area (Å²) in [7, 11) is -3.48. The Morgan fingerprint density at radius 1 is 1.45 bits per heavy atom. The number of benzene rings is 1. The van der Waals surface area contributed by atoms with Gasteiger partial charge in [0.15, 0.2) is 0 Å². The van der Waals surface area contributed by atoms with Crippen LogP contribution in [0.15, 0.2) is 27.6 Å². The van der Waals surface area contributed by atoms with Crippen molar-refractivity contribution >= 4 is 43.4 Å². The highest BCUT2D eigenvalue weighted by Gasteiger charge is 2.31. The van der Waals surface area contributed by atoms with Crippen molar-refractivity contribution in [1.29, 1.82) is 0 Å². The number of sulfonamides is 1. The zero-order valence-electron chi connectivity index (χ0n) is 11.3. The number of nitrogens with two attached hydrogens (primary N) is 1. The third-order valence-corrected chi connectivity index (χ3v) is 6.92. The largest absolute Gasteiger partial charge is 0.398 e. The van der Waals surface area contributed by atoms with Crippen molar-refractivity contribution in [3.63, 3.8) is 0 Å². The lowest BCUT2D eigenvalue weighted by atomic mass is 10.3. The molecule has 1 saturated carbocycles. The zero-order valence-corrected chi connectivity index (χ0v) is 14.5. The molecule has 1 aromatic carbocycles. The van der Waals surface area contributed by atoms with Gasteiger partial charge < -0.3 is 5.73 Å². The fourth-order valence-corrected chi connectivity index (χ4v) is 5.57. The van der Waals surface area contributed by atoms with Crippen LogP contribution < -0.4 is 10.5 Å². The molecule has 4 nitrogen and oxygen atoms in total. The molecule has 7 heteroatoms. The van der Waals surface area contributed by atoms with Gasteiger partial charge in [-0.3, -0.25) is 0 Å². The summed E-state index contributed by atoms with van der Waals surface area (Å²) in [5, 5.41) is 0.381. The predicted octanol–water partition coefficient (Wildman–Crippen LogP) is 2.98. The maximum absolute atomic E-state index is 12.4. The Hall–Kier alpha value is -0.240. The van der Waals surface area contributed by atoms with Gasteiger partial charge in [-0.2, -0.15) is 11.8 Å². The summed E-state index contributed by atoms with van der Waals surface area (Å²) in [5.41, 5.74) is 6.22. The van der Waals surface area contributed by atoms with Crippen LogP contribution >= 0.6 is 27.7 Å². The first kappa shape index (κ1) is 16.1. The number of thioether (sulfide) groups is 1. The molecule has 1 aromatic rings. The second kappa shape index (κ2) is 6.68. The molecule has 1 fully saturated rings. The molecular weight excluding hydrogens is 360 g/mol. The van der Waals surface area contributed by atoms with Crippen molar-refractivity contribution in [3.05, 3.63) is 22.7 Å². The Bertz CT molecular complexity index is 578. The van der Waals surface area contributed by atoms with Gasteiger partial charge in [0, 0.05) is 21.5 Å². The van der Waals surface area contributed by atoms with Gasteiger partial charge in [0.2, 0.25) is 10.0 Å². The zero-order chi connectivity index (χ0) is 14.8. The molecule has 2 rings (SSSR count). The van der Waals surface area contributed by atoms with Gasteiger partial charge in [-0.15, -0.1) is 0 Å². The van der Waals surface area contributed by atoms with E-state index in [1.165, 1.54) is 0 Å². The Balaban J connectivity index is 2.16. The van der Waals surface area contributed by atoms with Gasteiger partial charge in [0.05, 0.1) is 4.90 Å². The molecule has 112 valence electrons. The highest BCUT2D eigenvalue weighted by Crippen LogP contribution is 2.31. The molecule has 0 aromatic heterocycles. The lowest BCUT2D eigenvalue weighted by Crippen LogP contribution is -2.38. The normalized spacial score (nSPS) is 23.1. The molecule has 0 amide bonds. The standard InChI is InChI=1S/C13H19BrN2O2S2/c1-2-19-13-5-3-4-12(13)16-20(17,18)9-6-7-11(15)10(14)8-9/h6-8,12-13,16H,2-5,15H2,1H3. The average Bonchev–Trinajstić information content (AvgIpc) is 2.80. The van der Waals surface area contributed by atoms with Crippen LogP contribution in [0.2, 0.25) is 0 Å². The lowest BCUT2D eigenvalue weighted by Gasteiger charge is -2.20. The molecule has 0 saturated heterocycles. The topological polar surface area (TPSA) is 72.2 Å². The second-order valence-electron chi connectivity index (χ2n) is 4.84. The smallest absolute Gasteiger partial charge is 0.240 e. The first-order valence-corrected chi connectivity index (χ1v) is 9.95. The summed E-state index contributed by atoms with van der Waals surface area (Å²) >= 11 is 5.10. The minimum atomic E-state index is -3.48. The van der Waals surface area contributed by atoms with E-state index >= 15 is 0 Å². The van der Waals surface area contributed by atoms with E-state index in [4.69, 9.17) is 5.73 Å². The van der Waals surface area contributed by atoms with Crippen molar-refractivity contribution in [2.45, 2.75) is 42.4 Å². The van der Waals surface area contributed by atoms with Crippen molar-refractivity contribution < 1.29 is 8.42 Å². The molecular formula is C13H19BrN2O2S2. The Kier molecular flexibility index (Phi) is 5.39. The summed E-state index contributed by atoms with van der Waals surface area (Å²) in [4.78, 5) is 0.255. The molecule has 0 bridgehead atoms. The maximum Gasteiger partial charge on any atom is 0.240 e. The van der Waals surface area contributed by atoms with E-state index in [1.807, 2.05) is 11.8 Å². The van der Waals surface area contributed by atoms with Crippen LogP contribution in [-0.4, -0.2) is 25.5 Å². The van der Waals surface area contributed by atoms with Gasteiger partial charge in [-0.1, -0.05) is 13.3 Å². The van der Waals surface area contributed by atoms with E-state index in [2.05, 4.69) is 27.6 Å². The van der Waals surface area contributed by atoms with Crippen molar-refractivity contribution in [2.75, 3.05) is 11.5 Å². The molecule has 20 heavy (non-hydrogen) atoms. The highest BCUT2D eigenvalue weighted by molar-refractivity contribution is 9.10. The second-order valence-corrected chi connectivity index (χ2v) is 8.92. The van der Waals surface area contributed by atoms with E-state index in [9.17, 15) is 8.42 Å². The minimum absolute atomic E-state index is 0.0290. The Morgan fingerprint density at radius 3 is 2.85 bits per heavy atom. The van der Waals surface area contributed by atoms with Crippen molar-refractivity contribution in [2.24, 2.45) is 0 Å². The van der Waals surface area contributed by atoms with Crippen LogP contribution in [0.25, 0.3) is 0 Å². The van der Waals surface area contributed by atoms with Crippen molar-refractivity contribution in [3.8, 4) is 0 Å². The van der Waals surface area contributed by atoms with Crippen LogP contribution in [0.3, 0.4) is 0 Å². The van der Waals surface area contributed by atoms with E-state index in [1.54, 1.807) is 18.2 Å². The van der Waals surface area contributed by atoms with E-state index < -0.39 is 10.0 Å². The molecule has 0 aliphatic heterocycles. The van der Waals surface area contributed by atoms with Crippen LogP contribution in [0.4, 0.5) is 5.69 Å². The Morgan fingerprint density at radius 2 is 2.20 bits per heavy atom. The highest BCUT2D eigenvalue weighted by atomic mass is 79.9. The molecule has 2 unspecified atom stereocenters. The number of nitrogens with one attached hydrogen (secondary N) is 1. The fraction of sp³-hybridized carbons (Fsp3) is 0.538. The summed E-state index contributed by atoms with van der Waals surface area (Å²) in [6.45, 7) is 2.10. The molecule has 3 N–H and O–H groups in total. The maximum atomic E-state index is 12.4. The predicted molar refractivity (Wildman–Crippen MR) is 88.4 cm³/mol. The number of anilines is 1. The SMILES string of the molecule is CCSC1CCCC1NS(=O)(=O)c1ccc(N)c(Br)c1. The quantitative estimate of drug-likeness (QED) is 0.772. The first-order valence-electron chi connectivity index (χ1n) is 6.63. The number of hydrogen-bond donors (Lipinski definition) is 2. The molecule has 0 radical (unpaired) electrons. The summed E-state index contributed by atoms with van der Waals surface area (Å²) in [6, 6.07) is 4.72. The van der Waals surface area contributed by atoms with E-state index in [-0.39, 0.29) is 10.9 Å². The van der Waals surface area contributed by atoms with E-state index in [0.29, 0.717) is 15.4 Å². The molecule has 0 heterocycles. The monoisotopic (exact) mass is 378 g/mol. The van der Waals surface area contributed by atoms with Crippen LogP contribution in [0.5, 0.6) is 0 Å². The van der Waals surface area contributed by atoms with E-state index in [0.717, 1.165) is 25.0 Å². The van der Waals surface area contributed by atoms with Gasteiger partial charge in [0.1, 0.15) is 0 Å².